The lowest BCUT2D eigenvalue weighted by Gasteiger charge is -2.24. The summed E-state index contributed by atoms with van der Waals surface area (Å²) < 4.78 is 9.88. The molecule has 1 saturated carbocycles. The molecule has 1 aliphatic carbocycles. The largest absolute Gasteiger partial charge is 0.467 e. The summed E-state index contributed by atoms with van der Waals surface area (Å²) in [6.07, 6.45) is -0.0280. The second kappa shape index (κ2) is 3.89. The average Bonchev–Trinajstić information content (AvgIpc) is 2.64. The lowest BCUT2D eigenvalue weighted by molar-refractivity contribution is -0.145. The molecule has 0 aromatic carbocycles. The van der Waals surface area contributed by atoms with Gasteiger partial charge in [0, 0.05) is 5.41 Å². The Balaban J connectivity index is 2.72. The van der Waals surface area contributed by atoms with E-state index >= 15 is 0 Å². The first kappa shape index (κ1) is 13.8. The minimum absolute atomic E-state index is 0.295. The minimum Gasteiger partial charge on any atom is -0.467 e. The molecule has 1 rings (SSSR count). The zero-order valence-electron chi connectivity index (χ0n) is 11.3. The molecule has 5 heteroatoms. The SMILES string of the molecule is COC(=O)[C@@]1(NC(=O)OC(C)(C)C)CC1(C)C. The number of hydrogen-bond acceptors (Lipinski definition) is 4. The van der Waals surface area contributed by atoms with Crippen LogP contribution in [0.25, 0.3) is 0 Å². The van der Waals surface area contributed by atoms with Crippen molar-refractivity contribution in [2.75, 3.05) is 7.11 Å². The Labute approximate surface area is 102 Å². The van der Waals surface area contributed by atoms with E-state index in [4.69, 9.17) is 9.47 Å². The van der Waals surface area contributed by atoms with Gasteiger partial charge in [-0.15, -0.1) is 0 Å². The Morgan fingerprint density at radius 1 is 1.24 bits per heavy atom. The van der Waals surface area contributed by atoms with Crippen LogP contribution in [0.1, 0.15) is 41.0 Å². The van der Waals surface area contributed by atoms with Crippen molar-refractivity contribution in [3.8, 4) is 0 Å². The summed E-state index contributed by atoms with van der Waals surface area (Å²) in [6, 6.07) is 0. The smallest absolute Gasteiger partial charge is 0.408 e. The molecule has 98 valence electrons. The highest BCUT2D eigenvalue weighted by Crippen LogP contribution is 2.56. The van der Waals surface area contributed by atoms with E-state index < -0.39 is 23.2 Å². The quantitative estimate of drug-likeness (QED) is 0.752. The van der Waals surface area contributed by atoms with Crippen LogP contribution in [0, 0.1) is 5.41 Å². The van der Waals surface area contributed by atoms with Gasteiger partial charge in [0.25, 0.3) is 0 Å². The van der Waals surface area contributed by atoms with Crippen LogP contribution in [-0.2, 0) is 14.3 Å². The van der Waals surface area contributed by atoms with Gasteiger partial charge in [-0.3, -0.25) is 0 Å². The van der Waals surface area contributed by atoms with E-state index in [0.29, 0.717) is 6.42 Å². The van der Waals surface area contributed by atoms with Gasteiger partial charge in [-0.1, -0.05) is 13.8 Å². The zero-order chi connectivity index (χ0) is 13.5. The Hall–Kier alpha value is -1.26. The summed E-state index contributed by atoms with van der Waals surface area (Å²) >= 11 is 0. The van der Waals surface area contributed by atoms with Gasteiger partial charge < -0.3 is 14.8 Å². The number of amides is 1. The Morgan fingerprint density at radius 2 is 1.71 bits per heavy atom. The number of rotatable bonds is 2. The number of nitrogens with one attached hydrogen (secondary N) is 1. The fraction of sp³-hybridized carbons (Fsp3) is 0.833. The molecule has 0 saturated heterocycles. The molecule has 1 N–H and O–H groups in total. The van der Waals surface area contributed by atoms with Crippen molar-refractivity contribution >= 4 is 12.1 Å². The highest BCUT2D eigenvalue weighted by Gasteiger charge is 2.69. The maximum absolute atomic E-state index is 11.7. The third kappa shape index (κ3) is 2.70. The number of carbonyl (C=O) groups is 2. The van der Waals surface area contributed by atoms with E-state index in [1.807, 2.05) is 13.8 Å². The molecule has 0 spiro atoms. The van der Waals surface area contributed by atoms with Crippen molar-refractivity contribution in [3.63, 3.8) is 0 Å². The van der Waals surface area contributed by atoms with Gasteiger partial charge in [0.2, 0.25) is 0 Å². The van der Waals surface area contributed by atoms with Crippen LogP contribution < -0.4 is 5.32 Å². The van der Waals surface area contributed by atoms with Gasteiger partial charge in [0.1, 0.15) is 11.1 Å². The lowest BCUT2D eigenvalue weighted by atomic mass is 10.1. The van der Waals surface area contributed by atoms with Crippen LogP contribution >= 0.6 is 0 Å². The van der Waals surface area contributed by atoms with E-state index in [1.54, 1.807) is 20.8 Å². The molecule has 1 fully saturated rings. The molecule has 0 aliphatic heterocycles. The molecule has 1 atom stereocenters. The van der Waals surface area contributed by atoms with Gasteiger partial charge in [0.05, 0.1) is 7.11 Å². The van der Waals surface area contributed by atoms with Gasteiger partial charge in [0.15, 0.2) is 0 Å². The normalized spacial score (nSPS) is 26.0. The molecule has 0 bridgehead atoms. The van der Waals surface area contributed by atoms with Crippen molar-refractivity contribution in [1.82, 2.24) is 5.32 Å². The Morgan fingerprint density at radius 3 is 2.00 bits per heavy atom. The van der Waals surface area contributed by atoms with Crippen molar-refractivity contribution < 1.29 is 19.1 Å². The van der Waals surface area contributed by atoms with E-state index in [9.17, 15) is 9.59 Å². The van der Waals surface area contributed by atoms with E-state index in [2.05, 4.69) is 5.32 Å². The second-order valence-corrected chi connectivity index (χ2v) is 6.08. The molecule has 0 radical (unpaired) electrons. The Kier molecular flexibility index (Phi) is 3.16. The number of carbonyl (C=O) groups excluding carboxylic acids is 2. The maximum atomic E-state index is 11.7. The number of alkyl carbamates (subject to hydrolysis) is 1. The zero-order valence-corrected chi connectivity index (χ0v) is 11.3. The van der Waals surface area contributed by atoms with Crippen molar-refractivity contribution in [1.29, 1.82) is 0 Å². The standard InChI is InChI=1S/C12H21NO4/c1-10(2,3)17-9(15)13-12(8(14)16-6)7-11(12,4)5/h7H2,1-6H3,(H,13,15)/t12-/m0/s1. The molecular weight excluding hydrogens is 222 g/mol. The number of methoxy groups -OCH3 is 1. The van der Waals surface area contributed by atoms with E-state index in [1.165, 1.54) is 7.11 Å². The number of esters is 1. The van der Waals surface area contributed by atoms with Crippen molar-refractivity contribution in [2.24, 2.45) is 5.41 Å². The monoisotopic (exact) mass is 243 g/mol. The van der Waals surface area contributed by atoms with Gasteiger partial charge in [-0.2, -0.15) is 0 Å². The van der Waals surface area contributed by atoms with E-state index in [-0.39, 0.29) is 5.41 Å². The van der Waals surface area contributed by atoms with Crippen LogP contribution in [0.15, 0.2) is 0 Å². The number of ether oxygens (including phenoxy) is 2. The van der Waals surface area contributed by atoms with E-state index in [0.717, 1.165) is 0 Å². The van der Waals surface area contributed by atoms with Gasteiger partial charge in [-0.25, -0.2) is 9.59 Å². The fourth-order valence-electron chi connectivity index (χ4n) is 1.88. The van der Waals surface area contributed by atoms with Crippen LogP contribution in [0.4, 0.5) is 4.79 Å². The van der Waals surface area contributed by atoms with Crippen molar-refractivity contribution in [3.05, 3.63) is 0 Å². The topological polar surface area (TPSA) is 64.6 Å². The summed E-state index contributed by atoms with van der Waals surface area (Å²) in [5.74, 6) is -0.423. The molecule has 17 heavy (non-hydrogen) atoms. The summed E-state index contributed by atoms with van der Waals surface area (Å²) in [5, 5.41) is 2.63. The van der Waals surface area contributed by atoms with Gasteiger partial charge in [-0.05, 0) is 27.2 Å². The van der Waals surface area contributed by atoms with Crippen LogP contribution in [-0.4, -0.2) is 30.3 Å². The first-order valence-electron chi connectivity index (χ1n) is 5.64. The predicted octanol–water partition coefficient (Wildman–Crippen LogP) is 1.85. The predicted molar refractivity (Wildman–Crippen MR) is 62.5 cm³/mol. The van der Waals surface area contributed by atoms with Crippen molar-refractivity contribution in [2.45, 2.75) is 52.2 Å². The third-order valence-corrected chi connectivity index (χ3v) is 2.99. The summed E-state index contributed by atoms with van der Waals surface area (Å²) in [7, 11) is 1.31. The van der Waals surface area contributed by atoms with Crippen LogP contribution in [0.2, 0.25) is 0 Å². The fourth-order valence-corrected chi connectivity index (χ4v) is 1.88. The van der Waals surface area contributed by atoms with Crippen LogP contribution in [0.5, 0.6) is 0 Å². The van der Waals surface area contributed by atoms with Gasteiger partial charge >= 0.3 is 12.1 Å². The number of hydrogen-bond donors (Lipinski definition) is 1. The first-order valence-corrected chi connectivity index (χ1v) is 5.64. The highest BCUT2D eigenvalue weighted by molar-refractivity contribution is 5.90. The summed E-state index contributed by atoms with van der Waals surface area (Å²) in [6.45, 7) is 9.13. The first-order chi connectivity index (χ1) is 7.54. The lowest BCUT2D eigenvalue weighted by Crippen LogP contribution is -2.49. The molecule has 0 heterocycles. The molecule has 0 unspecified atom stereocenters. The molecule has 1 aliphatic rings. The van der Waals surface area contributed by atoms with Crippen LogP contribution in [0.3, 0.4) is 0 Å². The highest BCUT2D eigenvalue weighted by atomic mass is 16.6. The average molecular weight is 243 g/mol. The molecule has 1 amide bonds. The molecule has 0 aromatic rings. The summed E-state index contributed by atoms with van der Waals surface area (Å²) in [4.78, 5) is 23.4. The molecule has 5 nitrogen and oxygen atoms in total. The minimum atomic E-state index is -0.940. The maximum Gasteiger partial charge on any atom is 0.408 e. The third-order valence-electron chi connectivity index (χ3n) is 2.99. The summed E-state index contributed by atoms with van der Waals surface area (Å²) in [5.41, 5.74) is -1.82. The second-order valence-electron chi connectivity index (χ2n) is 6.08. The molecule has 0 aromatic heterocycles. The Bertz CT molecular complexity index is 343. The molecular formula is C12H21NO4.